The first-order chi connectivity index (χ1) is 13.3. The lowest BCUT2D eigenvalue weighted by Gasteiger charge is -2.34. The lowest BCUT2D eigenvalue weighted by Crippen LogP contribution is -2.47. The Morgan fingerprint density at radius 2 is 2.00 bits per heavy atom. The fourth-order valence-corrected chi connectivity index (χ4v) is 3.35. The Morgan fingerprint density at radius 3 is 2.61 bits per heavy atom. The first-order valence-electron chi connectivity index (χ1n) is 9.52. The number of urea groups is 1. The molecule has 1 fully saturated rings. The molecule has 0 saturated carbocycles. The van der Waals surface area contributed by atoms with Crippen LogP contribution < -0.4 is 5.32 Å². The van der Waals surface area contributed by atoms with Crippen LogP contribution in [0.1, 0.15) is 50.4 Å². The summed E-state index contributed by atoms with van der Waals surface area (Å²) in [5, 5.41) is 16.1. The SMILES string of the molecule is CC1CC(C(=O)O)CN(C(=O)Nc2ccc(Cc3nc(C(C)C)no3)cc2)C1. The van der Waals surface area contributed by atoms with E-state index in [9.17, 15) is 14.7 Å². The van der Waals surface area contributed by atoms with Crippen molar-refractivity contribution >= 4 is 17.7 Å². The topological polar surface area (TPSA) is 109 Å². The number of aromatic nitrogens is 2. The van der Waals surface area contributed by atoms with E-state index in [2.05, 4.69) is 15.5 Å². The van der Waals surface area contributed by atoms with Crippen molar-refractivity contribution in [1.82, 2.24) is 15.0 Å². The van der Waals surface area contributed by atoms with Gasteiger partial charge in [-0.3, -0.25) is 4.79 Å². The molecule has 1 aromatic carbocycles. The monoisotopic (exact) mass is 386 g/mol. The molecule has 1 aliphatic rings. The summed E-state index contributed by atoms with van der Waals surface area (Å²) < 4.78 is 5.26. The second-order valence-corrected chi connectivity index (χ2v) is 7.79. The highest BCUT2D eigenvalue weighted by Crippen LogP contribution is 2.23. The molecule has 1 saturated heterocycles. The minimum Gasteiger partial charge on any atom is -0.481 e. The lowest BCUT2D eigenvalue weighted by atomic mass is 9.91. The molecule has 0 spiro atoms. The van der Waals surface area contributed by atoms with Gasteiger partial charge in [-0.2, -0.15) is 4.98 Å². The second kappa shape index (κ2) is 8.41. The highest BCUT2D eigenvalue weighted by atomic mass is 16.5. The van der Waals surface area contributed by atoms with Crippen LogP contribution >= 0.6 is 0 Å². The zero-order valence-electron chi connectivity index (χ0n) is 16.4. The van der Waals surface area contributed by atoms with Crippen molar-refractivity contribution in [2.24, 2.45) is 11.8 Å². The van der Waals surface area contributed by atoms with Gasteiger partial charge >= 0.3 is 12.0 Å². The molecule has 8 nitrogen and oxygen atoms in total. The van der Waals surface area contributed by atoms with Crippen LogP contribution in [0, 0.1) is 11.8 Å². The Hall–Kier alpha value is -2.90. The summed E-state index contributed by atoms with van der Waals surface area (Å²) in [4.78, 5) is 29.7. The summed E-state index contributed by atoms with van der Waals surface area (Å²) in [7, 11) is 0. The van der Waals surface area contributed by atoms with Gasteiger partial charge in [-0.15, -0.1) is 0 Å². The van der Waals surface area contributed by atoms with Crippen LogP contribution in [-0.2, 0) is 11.2 Å². The Kier molecular flexibility index (Phi) is 5.96. The first-order valence-corrected chi connectivity index (χ1v) is 9.52. The van der Waals surface area contributed by atoms with Crippen molar-refractivity contribution in [1.29, 1.82) is 0 Å². The molecule has 1 aliphatic heterocycles. The third-order valence-electron chi connectivity index (χ3n) is 4.86. The summed E-state index contributed by atoms with van der Waals surface area (Å²) in [6.07, 6.45) is 1.12. The third kappa shape index (κ3) is 4.88. The average molecular weight is 386 g/mol. The van der Waals surface area contributed by atoms with E-state index >= 15 is 0 Å². The highest BCUT2D eigenvalue weighted by Gasteiger charge is 2.31. The molecule has 0 bridgehead atoms. The van der Waals surface area contributed by atoms with Gasteiger partial charge < -0.3 is 19.8 Å². The number of rotatable bonds is 5. The smallest absolute Gasteiger partial charge is 0.321 e. The Labute approximate surface area is 163 Å². The van der Waals surface area contributed by atoms with E-state index in [1.807, 2.05) is 45.0 Å². The number of benzene rings is 1. The number of hydrogen-bond acceptors (Lipinski definition) is 5. The average Bonchev–Trinajstić information content (AvgIpc) is 3.11. The number of carboxylic acids is 1. The number of carbonyl (C=O) groups is 2. The molecule has 8 heteroatoms. The Bertz CT molecular complexity index is 831. The van der Waals surface area contributed by atoms with Crippen LogP contribution in [0.15, 0.2) is 28.8 Å². The minimum atomic E-state index is -0.852. The molecular weight excluding hydrogens is 360 g/mol. The number of nitrogens with zero attached hydrogens (tertiary/aromatic N) is 3. The summed E-state index contributed by atoms with van der Waals surface area (Å²) >= 11 is 0. The van der Waals surface area contributed by atoms with Gasteiger partial charge in [-0.25, -0.2) is 4.79 Å². The maximum absolute atomic E-state index is 12.5. The van der Waals surface area contributed by atoms with Crippen LogP contribution in [-0.4, -0.2) is 45.2 Å². The van der Waals surface area contributed by atoms with Crippen molar-refractivity contribution in [2.45, 2.75) is 39.5 Å². The third-order valence-corrected chi connectivity index (χ3v) is 4.86. The van der Waals surface area contributed by atoms with E-state index in [4.69, 9.17) is 4.52 Å². The summed E-state index contributed by atoms with van der Waals surface area (Å²) in [5.41, 5.74) is 1.65. The predicted octanol–water partition coefficient (Wildman–Crippen LogP) is 3.36. The van der Waals surface area contributed by atoms with Crippen molar-refractivity contribution in [3.63, 3.8) is 0 Å². The molecule has 0 aliphatic carbocycles. The van der Waals surface area contributed by atoms with Crippen LogP contribution in [0.3, 0.4) is 0 Å². The van der Waals surface area contributed by atoms with E-state index < -0.39 is 11.9 Å². The number of amides is 2. The molecule has 1 aromatic heterocycles. The number of carbonyl (C=O) groups excluding carboxylic acids is 1. The van der Waals surface area contributed by atoms with Gasteiger partial charge in [-0.1, -0.05) is 38.1 Å². The lowest BCUT2D eigenvalue weighted by molar-refractivity contribution is -0.143. The van der Waals surface area contributed by atoms with Crippen molar-refractivity contribution in [2.75, 3.05) is 18.4 Å². The van der Waals surface area contributed by atoms with Crippen molar-refractivity contribution in [3.8, 4) is 0 Å². The van der Waals surface area contributed by atoms with Gasteiger partial charge in [0.25, 0.3) is 0 Å². The molecule has 2 amide bonds. The Morgan fingerprint density at radius 1 is 1.29 bits per heavy atom. The minimum absolute atomic E-state index is 0.160. The molecule has 0 radical (unpaired) electrons. The molecule has 150 valence electrons. The highest BCUT2D eigenvalue weighted by molar-refractivity contribution is 5.89. The largest absolute Gasteiger partial charge is 0.481 e. The number of aliphatic carboxylic acids is 1. The standard InChI is InChI=1S/C20H26N4O4/c1-12(2)18-22-17(28-23-18)9-14-4-6-16(7-5-14)21-20(27)24-10-13(3)8-15(11-24)19(25)26/h4-7,12-13,15H,8-11H2,1-3H3,(H,21,27)(H,25,26). The maximum Gasteiger partial charge on any atom is 0.321 e. The van der Waals surface area contributed by atoms with E-state index in [1.165, 1.54) is 0 Å². The molecule has 2 atom stereocenters. The fourth-order valence-electron chi connectivity index (χ4n) is 3.35. The molecule has 2 N–H and O–H groups in total. The van der Waals surface area contributed by atoms with Crippen LogP contribution in [0.5, 0.6) is 0 Å². The van der Waals surface area contributed by atoms with E-state index in [-0.39, 0.29) is 24.4 Å². The zero-order chi connectivity index (χ0) is 20.3. The number of nitrogens with one attached hydrogen (secondary N) is 1. The predicted molar refractivity (Wildman–Crippen MR) is 103 cm³/mol. The van der Waals surface area contributed by atoms with Crippen LogP contribution in [0.4, 0.5) is 10.5 Å². The van der Waals surface area contributed by atoms with E-state index in [0.717, 1.165) is 5.56 Å². The van der Waals surface area contributed by atoms with Crippen LogP contribution in [0.2, 0.25) is 0 Å². The van der Waals surface area contributed by atoms with Gasteiger partial charge in [0, 0.05) is 24.7 Å². The van der Waals surface area contributed by atoms with Crippen LogP contribution in [0.25, 0.3) is 0 Å². The number of likely N-dealkylation sites (tertiary alicyclic amines) is 1. The maximum atomic E-state index is 12.5. The van der Waals surface area contributed by atoms with E-state index in [1.54, 1.807) is 4.90 Å². The molecule has 28 heavy (non-hydrogen) atoms. The summed E-state index contributed by atoms with van der Waals surface area (Å²) in [6, 6.07) is 7.15. The molecule has 2 unspecified atom stereocenters. The summed E-state index contributed by atoms with van der Waals surface area (Å²) in [6.45, 7) is 6.77. The molecular formula is C20H26N4O4. The van der Waals surface area contributed by atoms with Gasteiger partial charge in [0.2, 0.25) is 5.89 Å². The zero-order valence-corrected chi connectivity index (χ0v) is 16.4. The molecule has 2 heterocycles. The van der Waals surface area contributed by atoms with Gasteiger partial charge in [0.1, 0.15) is 0 Å². The van der Waals surface area contributed by atoms with Crippen molar-refractivity contribution in [3.05, 3.63) is 41.5 Å². The molecule has 3 rings (SSSR count). The Balaban J connectivity index is 1.58. The number of hydrogen-bond donors (Lipinski definition) is 2. The van der Waals surface area contributed by atoms with Crippen molar-refractivity contribution < 1.29 is 19.2 Å². The van der Waals surface area contributed by atoms with Gasteiger partial charge in [-0.05, 0) is 30.0 Å². The van der Waals surface area contributed by atoms with Gasteiger partial charge in [0.15, 0.2) is 5.82 Å². The second-order valence-electron chi connectivity index (χ2n) is 7.79. The number of piperidine rings is 1. The number of carboxylic acid groups (broad SMARTS) is 1. The fraction of sp³-hybridized carbons (Fsp3) is 0.500. The van der Waals surface area contributed by atoms with E-state index in [0.29, 0.717) is 36.8 Å². The first kappa shape index (κ1) is 19.9. The normalized spacial score (nSPS) is 19.6. The summed E-state index contributed by atoms with van der Waals surface area (Å²) in [5.74, 6) is 0.260. The molecule has 2 aromatic rings. The van der Waals surface area contributed by atoms with Gasteiger partial charge in [0.05, 0.1) is 12.3 Å². The quantitative estimate of drug-likeness (QED) is 0.816. The number of anilines is 1.